The third-order valence-corrected chi connectivity index (χ3v) is 12.7. The molecule has 0 amide bonds. The first kappa shape index (κ1) is 52.6. The Bertz CT molecular complexity index is 1230. The molecule has 22 heterocycles. The van der Waals surface area contributed by atoms with Crippen molar-refractivity contribution < 1.29 is 149 Å². The van der Waals surface area contributed by atoms with E-state index < -0.39 is 224 Å². The van der Waals surface area contributed by atoms with Crippen LogP contribution in [-0.4, -0.2) is 316 Å². The van der Waals surface area contributed by atoms with Gasteiger partial charge in [0.15, 0.2) is 37.7 Å². The summed E-state index contributed by atoms with van der Waals surface area (Å²) in [6.45, 7) is -5.99. The number of hydrogen-bond donors (Lipinski definition) is 18. The molecule has 22 aliphatic rings. The van der Waals surface area contributed by atoms with Gasteiger partial charge in [0.25, 0.3) is 0 Å². The molecule has 0 aromatic rings. The Morgan fingerprint density at radius 3 is 0.409 bits per heavy atom. The molecule has 12 bridgehead atoms. The lowest BCUT2D eigenvalue weighted by Gasteiger charge is -2.50. The summed E-state index contributed by atoms with van der Waals surface area (Å²) >= 11 is 0. The molecule has 0 aromatic heterocycles. The quantitative estimate of drug-likeness (QED) is 0.117. The van der Waals surface area contributed by atoms with Crippen LogP contribution in [0.2, 0.25) is 0 Å². The lowest BCUT2D eigenvalue weighted by atomic mass is 9.94. The fourth-order valence-electron chi connectivity index (χ4n) is 8.93. The highest BCUT2D eigenvalue weighted by Crippen LogP contribution is 2.38. The largest absolute Gasteiger partial charge is 0.394 e. The van der Waals surface area contributed by atoms with Gasteiger partial charge >= 0.3 is 0 Å². The summed E-state index contributed by atoms with van der Waals surface area (Å²) in [5.74, 6) is 0. The van der Waals surface area contributed by atoms with Crippen molar-refractivity contribution in [3.8, 4) is 0 Å². The third kappa shape index (κ3) is 10.0. The van der Waals surface area contributed by atoms with Crippen LogP contribution in [0.5, 0.6) is 0 Å². The van der Waals surface area contributed by atoms with Crippen molar-refractivity contribution in [1.82, 2.24) is 0 Å². The second kappa shape index (κ2) is 22.1. The van der Waals surface area contributed by atoms with Gasteiger partial charge in [0.05, 0.1) is 39.6 Å². The van der Waals surface area contributed by atoms with Gasteiger partial charge in [-0.2, -0.15) is 0 Å². The molecule has 22 rings (SSSR count). The lowest BCUT2D eigenvalue weighted by Crippen LogP contribution is -2.69. The van der Waals surface area contributed by atoms with E-state index in [1.807, 2.05) is 0 Å². The van der Waals surface area contributed by atoms with E-state index in [0.29, 0.717) is 0 Å². The van der Waals surface area contributed by atoms with Gasteiger partial charge in [-0.3, -0.25) is 0 Å². The summed E-state index contributed by atoms with van der Waals surface area (Å²) in [4.78, 5) is 0. The highest BCUT2D eigenvalue weighted by atomic mass is 16.8. The van der Waals surface area contributed by atoms with Crippen LogP contribution in [0.4, 0.5) is 0 Å². The molecular formula is C36H60O30. The maximum absolute atomic E-state index is 11.2. The number of ether oxygens (including phenoxy) is 12. The van der Waals surface area contributed by atoms with E-state index in [-0.39, 0.29) is 0 Å². The molecule has 0 unspecified atom stereocenters. The van der Waals surface area contributed by atoms with Crippen LogP contribution in [0.3, 0.4) is 0 Å². The van der Waals surface area contributed by atoms with Crippen LogP contribution >= 0.6 is 0 Å². The van der Waals surface area contributed by atoms with E-state index in [0.717, 1.165) is 0 Å². The Labute approximate surface area is 372 Å². The zero-order valence-electron chi connectivity index (χ0n) is 34.5. The average molecular weight is 973 g/mol. The van der Waals surface area contributed by atoms with Gasteiger partial charge in [-0.15, -0.1) is 0 Å². The summed E-state index contributed by atoms with van der Waals surface area (Å²) in [7, 11) is 0. The molecule has 0 aromatic carbocycles. The minimum atomic E-state index is -2.15. The molecule has 30 heteroatoms. The SMILES string of the molecule is OC[C@@H]1O[C@@H]2O[C@H]3[C@H](O)[C@H](O)[C@@H](O[C@H]4[C@@H](O)[C@H](O)[C@@H](O[C@H]5[C@@H](O)[C@H](O)[C@@H](O[C@H]6[C@@H](O)[C@H](O)[C@@H](O[C@H]7[C@H](O)[C@H](O)[C@@H](O[C@H]1[C@H](O)[C@@H]2O)O[C@H]7CO)O[C@H]6CO)O[C@H]5CO)O[C@H]4CO)O[C@H]3CO. The third-order valence-electron chi connectivity index (χ3n) is 12.7. The Hall–Kier alpha value is -1.20. The van der Waals surface area contributed by atoms with Crippen molar-refractivity contribution in [3.05, 3.63) is 0 Å². The van der Waals surface area contributed by atoms with Crippen LogP contribution in [0.15, 0.2) is 0 Å². The minimum Gasteiger partial charge on any atom is -0.394 e. The minimum absolute atomic E-state index is 0.999. The number of aliphatic hydroxyl groups is 18. The average Bonchev–Trinajstić information content (AvgIpc) is 3.31. The van der Waals surface area contributed by atoms with Crippen molar-refractivity contribution in [2.75, 3.05) is 39.6 Å². The Balaban J connectivity index is 1.19. The first-order chi connectivity index (χ1) is 31.4. The fourth-order valence-corrected chi connectivity index (χ4v) is 8.93. The Morgan fingerprint density at radius 2 is 0.303 bits per heavy atom. The second-order valence-electron chi connectivity index (χ2n) is 16.8. The first-order valence-corrected chi connectivity index (χ1v) is 21.1. The Kier molecular flexibility index (Phi) is 17.6. The predicted octanol–water partition coefficient (Wildman–Crippen LogP) is -13.1. The smallest absolute Gasteiger partial charge is 0.187 e. The van der Waals surface area contributed by atoms with Gasteiger partial charge in [0, 0.05) is 0 Å². The second-order valence-corrected chi connectivity index (χ2v) is 16.8. The number of rotatable bonds is 6. The molecule has 30 nitrogen and oxygen atoms in total. The maximum atomic E-state index is 11.2. The maximum Gasteiger partial charge on any atom is 0.187 e. The van der Waals surface area contributed by atoms with Crippen LogP contribution in [-0.2, 0) is 56.8 Å². The van der Waals surface area contributed by atoms with Crippen molar-refractivity contribution in [2.24, 2.45) is 0 Å². The van der Waals surface area contributed by atoms with Crippen molar-refractivity contribution in [3.63, 3.8) is 0 Å². The van der Waals surface area contributed by atoms with Gasteiger partial charge in [0.1, 0.15) is 146 Å². The zero-order valence-corrected chi connectivity index (χ0v) is 34.5. The predicted molar refractivity (Wildman–Crippen MR) is 196 cm³/mol. The van der Waals surface area contributed by atoms with Gasteiger partial charge in [-0.05, 0) is 0 Å². The lowest BCUT2D eigenvalue weighted by molar-refractivity contribution is -0.404. The molecule has 22 fully saturated rings. The highest BCUT2D eigenvalue weighted by Gasteiger charge is 2.58. The molecule has 22 aliphatic heterocycles. The van der Waals surface area contributed by atoms with Crippen LogP contribution in [0.25, 0.3) is 0 Å². The van der Waals surface area contributed by atoms with E-state index in [2.05, 4.69) is 0 Å². The molecule has 22 saturated heterocycles. The van der Waals surface area contributed by atoms with Crippen molar-refractivity contribution >= 4 is 0 Å². The summed E-state index contributed by atoms with van der Waals surface area (Å²) in [6, 6.07) is 0. The number of hydrogen-bond acceptors (Lipinski definition) is 30. The van der Waals surface area contributed by atoms with E-state index in [1.165, 1.54) is 0 Å². The summed E-state index contributed by atoms with van der Waals surface area (Å²) < 4.78 is 67.9. The van der Waals surface area contributed by atoms with Crippen LogP contribution in [0, 0.1) is 0 Å². The first-order valence-electron chi connectivity index (χ1n) is 21.1. The van der Waals surface area contributed by atoms with Crippen LogP contribution < -0.4 is 0 Å². The fraction of sp³-hybridized carbons (Fsp3) is 1.00. The molecule has 0 aliphatic carbocycles. The molecular weight excluding hydrogens is 912 g/mol. The van der Waals surface area contributed by atoms with E-state index in [4.69, 9.17) is 56.8 Å². The monoisotopic (exact) mass is 972 g/mol. The van der Waals surface area contributed by atoms with E-state index in [9.17, 15) is 91.9 Å². The van der Waals surface area contributed by atoms with Gasteiger partial charge in [0.2, 0.25) is 0 Å². The standard InChI is InChI=1S/C36H60O30/c37-1-7-25-13(43)19(49)31(55-7)62-26-8(2-38)57-33(21(51)15(26)45)64-28-10(4-40)59-35(23(53)17(28)47)66-30-12(6-42)60-36(24(54)18(30)48)65-29-11(5-41)58-34(22(52)16(29)46)63-27-9(3-39)56-32(61-25)20(50)14(27)44/h7-54H,1-6H2/t7-,8-,9-,10-,11-,12-,13-,14-,15-,16+,17+,18+,19-,20-,21-,22-,23-,24-,25+,26+,27+,28+,29+,30+,31+,32+,33+,34+,35+,36+/m0/s1. The van der Waals surface area contributed by atoms with Crippen LogP contribution in [0.1, 0.15) is 0 Å². The molecule has 384 valence electrons. The molecule has 18 N–H and O–H groups in total. The summed E-state index contributed by atoms with van der Waals surface area (Å²) in [6.07, 6.45) is -58.5. The van der Waals surface area contributed by atoms with E-state index in [1.54, 1.807) is 0 Å². The van der Waals surface area contributed by atoms with Crippen molar-refractivity contribution in [1.29, 1.82) is 0 Å². The topological polar surface area (TPSA) is 475 Å². The summed E-state index contributed by atoms with van der Waals surface area (Å²) in [5.41, 5.74) is 0. The molecule has 0 saturated carbocycles. The molecule has 66 heavy (non-hydrogen) atoms. The molecule has 0 spiro atoms. The zero-order chi connectivity index (χ0) is 48.0. The van der Waals surface area contributed by atoms with Gasteiger partial charge in [-0.1, -0.05) is 0 Å². The van der Waals surface area contributed by atoms with Gasteiger partial charge < -0.3 is 149 Å². The highest BCUT2D eigenvalue weighted by molar-refractivity contribution is 5.01. The van der Waals surface area contributed by atoms with E-state index >= 15 is 0 Å². The molecule has 30 atom stereocenters. The number of aliphatic hydroxyl groups excluding tert-OH is 18. The van der Waals surface area contributed by atoms with Gasteiger partial charge in [-0.25, -0.2) is 0 Å². The summed E-state index contributed by atoms with van der Waals surface area (Å²) in [5, 5.41) is 196. The van der Waals surface area contributed by atoms with Crippen molar-refractivity contribution in [2.45, 2.75) is 184 Å². The Morgan fingerprint density at radius 1 is 0.182 bits per heavy atom. The normalized spacial score (nSPS) is 55.4. The molecule has 0 radical (unpaired) electrons.